The molecule has 1 unspecified atom stereocenters. The highest BCUT2D eigenvalue weighted by Gasteiger charge is 2.17. The number of hydrogen-bond donors (Lipinski definition) is 1. The van der Waals surface area contributed by atoms with E-state index in [1.807, 2.05) is 25.1 Å². The second kappa shape index (κ2) is 7.83. The van der Waals surface area contributed by atoms with Gasteiger partial charge in [0.15, 0.2) is 11.5 Å². The Balaban J connectivity index is 1.58. The monoisotopic (exact) mass is 357 g/mol. The Labute approximate surface area is 152 Å². The molecule has 1 amide bonds. The van der Waals surface area contributed by atoms with Gasteiger partial charge in [-0.1, -0.05) is 23.8 Å². The fourth-order valence-corrected chi connectivity index (χ4v) is 3.56. The minimum atomic E-state index is -0.145. The fraction of sp³-hybridized carbons (Fsp3) is 0.350. The number of rotatable bonds is 5. The van der Waals surface area contributed by atoms with Crippen LogP contribution in [0.5, 0.6) is 11.5 Å². The molecule has 0 spiro atoms. The highest BCUT2D eigenvalue weighted by atomic mass is 32.2. The summed E-state index contributed by atoms with van der Waals surface area (Å²) in [7, 11) is 0. The third-order valence-electron chi connectivity index (χ3n) is 4.17. The van der Waals surface area contributed by atoms with Gasteiger partial charge in [0.05, 0.1) is 5.25 Å². The van der Waals surface area contributed by atoms with Crippen LogP contribution in [-0.2, 0) is 10.5 Å². The third-order valence-corrected chi connectivity index (χ3v) is 5.36. The highest BCUT2D eigenvalue weighted by Crippen LogP contribution is 2.33. The normalized spacial score (nSPS) is 14.0. The van der Waals surface area contributed by atoms with E-state index in [0.29, 0.717) is 19.0 Å². The number of amides is 1. The van der Waals surface area contributed by atoms with Gasteiger partial charge in [0.25, 0.3) is 0 Å². The lowest BCUT2D eigenvalue weighted by Crippen LogP contribution is -2.23. The lowest BCUT2D eigenvalue weighted by atomic mass is 10.1. The first-order valence-corrected chi connectivity index (χ1v) is 9.46. The minimum absolute atomic E-state index is 0.00742. The second-order valence-electron chi connectivity index (χ2n) is 6.23. The highest BCUT2D eigenvalue weighted by molar-refractivity contribution is 7.99. The molecule has 5 heteroatoms. The maximum atomic E-state index is 12.4. The molecule has 132 valence electrons. The molecule has 1 aliphatic heterocycles. The van der Waals surface area contributed by atoms with E-state index in [0.717, 1.165) is 17.2 Å². The molecule has 25 heavy (non-hydrogen) atoms. The first-order valence-electron chi connectivity index (χ1n) is 8.41. The molecule has 0 aromatic heterocycles. The Morgan fingerprint density at radius 3 is 2.68 bits per heavy atom. The largest absolute Gasteiger partial charge is 0.486 e. The van der Waals surface area contributed by atoms with Crippen molar-refractivity contribution in [3.05, 3.63) is 53.1 Å². The molecule has 0 aliphatic carbocycles. The predicted molar refractivity (Wildman–Crippen MR) is 103 cm³/mol. The van der Waals surface area contributed by atoms with Crippen molar-refractivity contribution in [1.82, 2.24) is 0 Å². The van der Waals surface area contributed by atoms with Crippen LogP contribution in [0.15, 0.2) is 36.4 Å². The van der Waals surface area contributed by atoms with Gasteiger partial charge in [-0.05, 0) is 44.0 Å². The molecule has 1 atom stereocenters. The van der Waals surface area contributed by atoms with Crippen molar-refractivity contribution >= 4 is 23.4 Å². The van der Waals surface area contributed by atoms with Gasteiger partial charge in [-0.15, -0.1) is 11.8 Å². The Morgan fingerprint density at radius 1 is 1.12 bits per heavy atom. The van der Waals surface area contributed by atoms with Crippen LogP contribution in [0.3, 0.4) is 0 Å². The van der Waals surface area contributed by atoms with Crippen LogP contribution in [0, 0.1) is 13.8 Å². The number of fused-ring (bicyclic) bond motifs is 1. The summed E-state index contributed by atoms with van der Waals surface area (Å²) in [5.41, 5.74) is 4.52. The van der Waals surface area contributed by atoms with Crippen molar-refractivity contribution in [2.24, 2.45) is 0 Å². The van der Waals surface area contributed by atoms with Crippen molar-refractivity contribution in [2.45, 2.75) is 31.8 Å². The van der Waals surface area contributed by atoms with Crippen molar-refractivity contribution in [2.75, 3.05) is 18.5 Å². The molecule has 3 rings (SSSR count). The number of hydrogen-bond acceptors (Lipinski definition) is 4. The van der Waals surface area contributed by atoms with Gasteiger partial charge in [-0.25, -0.2) is 0 Å². The van der Waals surface area contributed by atoms with Crippen LogP contribution in [0.2, 0.25) is 0 Å². The first kappa shape index (κ1) is 17.7. The third kappa shape index (κ3) is 4.48. The predicted octanol–water partition coefficient (Wildman–Crippen LogP) is 4.34. The van der Waals surface area contributed by atoms with Crippen LogP contribution in [0.1, 0.15) is 23.6 Å². The minimum Gasteiger partial charge on any atom is -0.486 e. The molecule has 0 bridgehead atoms. The van der Waals surface area contributed by atoms with Gasteiger partial charge < -0.3 is 14.8 Å². The Hall–Kier alpha value is -2.14. The zero-order valence-electron chi connectivity index (χ0n) is 14.8. The van der Waals surface area contributed by atoms with Gasteiger partial charge in [-0.2, -0.15) is 0 Å². The van der Waals surface area contributed by atoms with Crippen LogP contribution >= 0.6 is 11.8 Å². The maximum Gasteiger partial charge on any atom is 0.237 e. The summed E-state index contributed by atoms with van der Waals surface area (Å²) in [6, 6.07) is 11.9. The van der Waals surface area contributed by atoms with Gasteiger partial charge in [-0.3, -0.25) is 4.79 Å². The summed E-state index contributed by atoms with van der Waals surface area (Å²) in [6.45, 7) is 7.22. The number of ether oxygens (including phenoxy) is 2. The van der Waals surface area contributed by atoms with Gasteiger partial charge in [0.2, 0.25) is 5.91 Å². The lowest BCUT2D eigenvalue weighted by Gasteiger charge is -2.19. The first-order chi connectivity index (χ1) is 12.0. The number of anilines is 1. The summed E-state index contributed by atoms with van der Waals surface area (Å²) in [5, 5.41) is 2.81. The molecule has 1 aliphatic rings. The Morgan fingerprint density at radius 2 is 1.88 bits per heavy atom. The van der Waals surface area contributed by atoms with E-state index in [-0.39, 0.29) is 11.2 Å². The Bertz CT molecular complexity index is 776. The SMILES string of the molecule is Cc1ccc(C)c(CSC(C)C(=O)Nc2ccc3c(c2)OCCO3)c1. The van der Waals surface area contributed by atoms with E-state index in [1.165, 1.54) is 16.7 Å². The molecule has 4 nitrogen and oxygen atoms in total. The molecule has 1 heterocycles. The fourth-order valence-electron chi connectivity index (χ4n) is 2.61. The van der Waals surface area contributed by atoms with Crippen LogP contribution < -0.4 is 14.8 Å². The van der Waals surface area contributed by atoms with E-state index in [1.54, 1.807) is 11.8 Å². The van der Waals surface area contributed by atoms with E-state index >= 15 is 0 Å². The zero-order chi connectivity index (χ0) is 17.8. The van der Waals surface area contributed by atoms with E-state index in [2.05, 4.69) is 37.4 Å². The average molecular weight is 357 g/mol. The second-order valence-corrected chi connectivity index (χ2v) is 7.56. The molecule has 0 saturated carbocycles. The summed E-state index contributed by atoms with van der Waals surface area (Å²) in [5.74, 6) is 2.22. The van der Waals surface area contributed by atoms with Gasteiger partial charge in [0, 0.05) is 17.5 Å². The van der Waals surface area contributed by atoms with Crippen molar-refractivity contribution in [3.63, 3.8) is 0 Å². The number of carbonyl (C=O) groups excluding carboxylic acids is 1. The molecule has 0 saturated heterocycles. The molecular weight excluding hydrogens is 334 g/mol. The van der Waals surface area contributed by atoms with Crippen molar-refractivity contribution in [3.8, 4) is 11.5 Å². The topological polar surface area (TPSA) is 47.6 Å². The standard InChI is InChI=1S/C20H23NO3S/c1-13-4-5-14(2)16(10-13)12-25-15(3)20(22)21-17-6-7-18-19(11-17)24-9-8-23-18/h4-7,10-11,15H,8-9,12H2,1-3H3,(H,21,22). The maximum absolute atomic E-state index is 12.4. The Kier molecular flexibility index (Phi) is 5.53. The summed E-state index contributed by atoms with van der Waals surface area (Å²) in [6.07, 6.45) is 0. The molecule has 2 aromatic carbocycles. The lowest BCUT2D eigenvalue weighted by molar-refractivity contribution is -0.115. The molecule has 0 radical (unpaired) electrons. The van der Waals surface area contributed by atoms with E-state index < -0.39 is 0 Å². The van der Waals surface area contributed by atoms with Gasteiger partial charge >= 0.3 is 0 Å². The molecule has 2 aromatic rings. The van der Waals surface area contributed by atoms with Crippen LogP contribution in [0.4, 0.5) is 5.69 Å². The smallest absolute Gasteiger partial charge is 0.237 e. The van der Waals surface area contributed by atoms with Crippen LogP contribution in [-0.4, -0.2) is 24.4 Å². The number of benzene rings is 2. The van der Waals surface area contributed by atoms with E-state index in [9.17, 15) is 4.79 Å². The van der Waals surface area contributed by atoms with Crippen molar-refractivity contribution < 1.29 is 14.3 Å². The molecule has 0 fully saturated rings. The molecular formula is C20H23NO3S. The van der Waals surface area contributed by atoms with Gasteiger partial charge in [0.1, 0.15) is 13.2 Å². The number of thioether (sulfide) groups is 1. The van der Waals surface area contributed by atoms with Crippen LogP contribution in [0.25, 0.3) is 0 Å². The number of carbonyl (C=O) groups is 1. The summed E-state index contributed by atoms with van der Waals surface area (Å²) in [4.78, 5) is 12.4. The number of aryl methyl sites for hydroxylation is 2. The quantitative estimate of drug-likeness (QED) is 0.865. The van der Waals surface area contributed by atoms with E-state index in [4.69, 9.17) is 9.47 Å². The zero-order valence-corrected chi connectivity index (χ0v) is 15.6. The average Bonchev–Trinajstić information content (AvgIpc) is 2.62. The number of nitrogens with one attached hydrogen (secondary N) is 1. The molecule has 1 N–H and O–H groups in total. The summed E-state index contributed by atoms with van der Waals surface area (Å²) < 4.78 is 11.1. The summed E-state index contributed by atoms with van der Waals surface area (Å²) >= 11 is 1.64. The van der Waals surface area contributed by atoms with Crippen molar-refractivity contribution in [1.29, 1.82) is 0 Å².